The maximum Gasteiger partial charge on any atom is 0.326 e. The number of rotatable bonds is 16. The lowest BCUT2D eigenvalue weighted by atomic mass is 10.2. The summed E-state index contributed by atoms with van der Waals surface area (Å²) >= 11 is 1.02. The van der Waals surface area contributed by atoms with E-state index in [4.69, 9.17) is 20.4 Å². The Hall–Kier alpha value is -1.62. The fraction of sp³-hybridized carbons (Fsp3) is 0.600. The molecule has 0 aromatic carbocycles. The number of aliphatic carboxylic acids is 3. The van der Waals surface area contributed by atoms with Crippen LogP contribution in [0.2, 0.25) is 0 Å². The van der Waals surface area contributed by atoms with Gasteiger partial charge in [-0.25, -0.2) is 9.59 Å². The van der Waals surface area contributed by atoms with Gasteiger partial charge in [-0.2, -0.15) is 0 Å². The highest BCUT2D eigenvalue weighted by molar-refractivity contribution is 8.76. The summed E-state index contributed by atoms with van der Waals surface area (Å²) in [4.78, 5) is 66.9. The maximum atomic E-state index is 11.7. The maximum absolute atomic E-state index is 11.7. The minimum atomic E-state index is -1.29. The average Bonchev–Trinajstić information content (AvgIpc) is 2.67. The minimum Gasteiger partial charge on any atom is -0.481 e. The predicted octanol–water partition coefficient (Wildman–Crippen LogP) is -0.0499. The van der Waals surface area contributed by atoms with Crippen molar-refractivity contribution in [2.24, 2.45) is 0 Å². The van der Waals surface area contributed by atoms with Gasteiger partial charge in [0.1, 0.15) is 18.7 Å². The summed E-state index contributed by atoms with van der Waals surface area (Å²) < 4.78 is 0. The molecule has 0 bridgehead atoms. The number of amides is 2. The summed E-state index contributed by atoms with van der Waals surface area (Å²) in [6.07, 6.45) is 0.147. The molecule has 0 aliphatic carbocycles. The SMILES string of the molecule is O=C(O)CSCC(=O)NC(CCSSCCC(NC(=O)SC(=O)CO)C(=O)O)C(=O)O. The Kier molecular flexibility index (Phi) is 16.1. The van der Waals surface area contributed by atoms with Crippen LogP contribution in [0.25, 0.3) is 0 Å². The van der Waals surface area contributed by atoms with Crippen molar-refractivity contribution in [2.75, 3.05) is 29.6 Å². The van der Waals surface area contributed by atoms with E-state index in [0.717, 1.165) is 11.8 Å². The van der Waals surface area contributed by atoms with E-state index in [0.29, 0.717) is 11.5 Å². The zero-order valence-corrected chi connectivity index (χ0v) is 19.2. The lowest BCUT2D eigenvalue weighted by molar-refractivity contribution is -0.141. The van der Waals surface area contributed by atoms with Gasteiger partial charge in [-0.3, -0.25) is 19.2 Å². The predicted molar refractivity (Wildman–Crippen MR) is 118 cm³/mol. The molecular weight excluding hydrogens is 496 g/mol. The number of hydrogen-bond acceptors (Lipinski definition) is 11. The molecule has 0 saturated heterocycles. The van der Waals surface area contributed by atoms with Crippen LogP contribution in [0.4, 0.5) is 4.79 Å². The Morgan fingerprint density at radius 2 is 1.29 bits per heavy atom. The summed E-state index contributed by atoms with van der Waals surface area (Å²) in [7, 11) is 2.50. The highest BCUT2D eigenvalue weighted by Crippen LogP contribution is 2.24. The van der Waals surface area contributed by atoms with Crippen LogP contribution in [0, 0.1) is 0 Å². The minimum absolute atomic E-state index is 0.0481. The van der Waals surface area contributed by atoms with E-state index in [1.54, 1.807) is 0 Å². The smallest absolute Gasteiger partial charge is 0.326 e. The number of nitrogens with one attached hydrogen (secondary N) is 2. The summed E-state index contributed by atoms with van der Waals surface area (Å²) in [6.45, 7) is -0.846. The topological polar surface area (TPSA) is 207 Å². The monoisotopic (exact) mass is 518 g/mol. The normalized spacial score (nSPS) is 12.4. The Bertz CT molecular complexity index is 664. The standard InChI is InChI=1S/C15H22N2O10S4/c18-5-12(22)31-15(27)17-9(14(25)26)2-4-30-29-3-1-8(13(23)24)16-10(19)6-28-7-11(20)21/h8-9,18H,1-7H2,(H,16,19)(H,17,27)(H,20,21)(H,23,24)(H,25,26). The number of carbonyl (C=O) groups is 6. The molecule has 0 aromatic rings. The van der Waals surface area contributed by atoms with E-state index in [1.165, 1.54) is 21.6 Å². The summed E-state index contributed by atoms with van der Waals surface area (Å²) in [5.74, 6) is -4.01. The molecule has 2 atom stereocenters. The Morgan fingerprint density at radius 3 is 1.74 bits per heavy atom. The van der Waals surface area contributed by atoms with Gasteiger partial charge in [0.15, 0.2) is 0 Å². The van der Waals surface area contributed by atoms with Gasteiger partial charge in [-0.15, -0.1) is 11.8 Å². The second kappa shape index (κ2) is 17.0. The molecule has 0 aromatic heterocycles. The number of carboxylic acid groups (broad SMARTS) is 3. The fourth-order valence-corrected chi connectivity index (χ4v) is 4.94. The van der Waals surface area contributed by atoms with Crippen LogP contribution < -0.4 is 10.6 Å². The van der Waals surface area contributed by atoms with Crippen molar-refractivity contribution in [1.29, 1.82) is 0 Å². The van der Waals surface area contributed by atoms with Crippen molar-refractivity contribution >= 4 is 79.3 Å². The first-order valence-corrected chi connectivity index (χ1v) is 12.9. The molecule has 16 heteroatoms. The van der Waals surface area contributed by atoms with E-state index in [-0.39, 0.29) is 36.1 Å². The molecule has 0 aliphatic rings. The molecule has 176 valence electrons. The Labute approximate surface area is 193 Å². The fourth-order valence-electron chi connectivity index (χ4n) is 1.74. The quantitative estimate of drug-likeness (QED) is 0.117. The Morgan fingerprint density at radius 1 is 0.774 bits per heavy atom. The molecule has 0 fully saturated rings. The largest absolute Gasteiger partial charge is 0.481 e. The van der Waals surface area contributed by atoms with E-state index >= 15 is 0 Å². The summed E-state index contributed by atoms with van der Waals surface area (Å²) in [6, 6.07) is -2.37. The van der Waals surface area contributed by atoms with Crippen LogP contribution in [0.15, 0.2) is 0 Å². The molecule has 2 unspecified atom stereocenters. The summed E-state index contributed by atoms with van der Waals surface area (Å²) in [5, 5.41) is 38.1. The zero-order valence-electron chi connectivity index (χ0n) is 16.0. The molecule has 0 spiro atoms. The number of carboxylic acids is 3. The van der Waals surface area contributed by atoms with Crippen LogP contribution in [-0.2, 0) is 24.0 Å². The number of aliphatic hydroxyl groups is 1. The highest BCUT2D eigenvalue weighted by Gasteiger charge is 2.22. The van der Waals surface area contributed by atoms with Crippen molar-refractivity contribution in [2.45, 2.75) is 24.9 Å². The second-order valence-electron chi connectivity index (χ2n) is 5.52. The number of aliphatic hydroxyl groups excluding tert-OH is 1. The third kappa shape index (κ3) is 15.8. The zero-order chi connectivity index (χ0) is 23.8. The van der Waals surface area contributed by atoms with Crippen LogP contribution in [-0.4, -0.2) is 96.3 Å². The van der Waals surface area contributed by atoms with E-state index in [2.05, 4.69) is 10.6 Å². The van der Waals surface area contributed by atoms with Crippen molar-refractivity contribution in [3.05, 3.63) is 0 Å². The molecule has 0 heterocycles. The first-order valence-electron chi connectivity index (χ1n) is 8.47. The number of hydrogen-bond donors (Lipinski definition) is 6. The molecule has 12 nitrogen and oxygen atoms in total. The first-order chi connectivity index (χ1) is 14.6. The van der Waals surface area contributed by atoms with E-state index in [9.17, 15) is 28.8 Å². The molecule has 31 heavy (non-hydrogen) atoms. The van der Waals surface area contributed by atoms with Gasteiger partial charge in [0, 0.05) is 23.3 Å². The molecule has 0 saturated carbocycles. The van der Waals surface area contributed by atoms with Gasteiger partial charge >= 0.3 is 17.9 Å². The molecule has 0 rings (SSSR count). The van der Waals surface area contributed by atoms with Gasteiger partial charge in [0.25, 0.3) is 5.24 Å². The van der Waals surface area contributed by atoms with Crippen LogP contribution >= 0.6 is 45.1 Å². The van der Waals surface area contributed by atoms with Crippen molar-refractivity contribution in [1.82, 2.24) is 10.6 Å². The van der Waals surface area contributed by atoms with Crippen LogP contribution in [0.3, 0.4) is 0 Å². The van der Waals surface area contributed by atoms with Crippen LogP contribution in [0.5, 0.6) is 0 Å². The third-order valence-electron chi connectivity index (χ3n) is 3.08. The lowest BCUT2D eigenvalue weighted by Gasteiger charge is -2.15. The van der Waals surface area contributed by atoms with Crippen molar-refractivity contribution in [3.63, 3.8) is 0 Å². The van der Waals surface area contributed by atoms with E-state index in [1.807, 2.05) is 0 Å². The van der Waals surface area contributed by atoms with E-state index < -0.39 is 52.9 Å². The summed E-state index contributed by atoms with van der Waals surface area (Å²) in [5.41, 5.74) is 0. The molecule has 0 radical (unpaired) electrons. The van der Waals surface area contributed by atoms with Gasteiger partial charge in [0.2, 0.25) is 11.0 Å². The van der Waals surface area contributed by atoms with Crippen molar-refractivity contribution < 1.29 is 49.2 Å². The molecule has 6 N–H and O–H groups in total. The lowest BCUT2D eigenvalue weighted by Crippen LogP contribution is -2.42. The molecule has 2 amide bonds. The van der Waals surface area contributed by atoms with Crippen molar-refractivity contribution in [3.8, 4) is 0 Å². The first kappa shape index (κ1) is 29.4. The Balaban J connectivity index is 4.20. The van der Waals surface area contributed by atoms with Gasteiger partial charge in [-0.1, -0.05) is 21.6 Å². The third-order valence-corrected chi connectivity index (χ3v) is 7.13. The highest BCUT2D eigenvalue weighted by atomic mass is 33.1. The van der Waals surface area contributed by atoms with Gasteiger partial charge in [0.05, 0.1) is 11.5 Å². The van der Waals surface area contributed by atoms with Gasteiger partial charge in [-0.05, 0) is 12.8 Å². The van der Waals surface area contributed by atoms with Gasteiger partial charge < -0.3 is 31.1 Å². The molecule has 0 aliphatic heterocycles. The molecular formula is C15H22N2O10S4. The number of thioether (sulfide) groups is 2. The van der Waals surface area contributed by atoms with Crippen LogP contribution in [0.1, 0.15) is 12.8 Å². The second-order valence-corrected chi connectivity index (χ2v) is 10.2. The average molecular weight is 519 g/mol. The number of carbonyl (C=O) groups excluding carboxylic acids is 3.